The molecule has 0 saturated heterocycles. The molecule has 0 N–H and O–H groups in total. The molecule has 9 aromatic carbocycles. The van der Waals surface area contributed by atoms with Crippen molar-refractivity contribution < 1.29 is 4.42 Å². The molecule has 0 atom stereocenters. The average molecular weight is 690 g/mol. The third-order valence-corrected chi connectivity index (χ3v) is 10.5. The molecule has 0 aliphatic heterocycles. The van der Waals surface area contributed by atoms with Gasteiger partial charge < -0.3 is 9.32 Å². The van der Waals surface area contributed by atoms with Crippen molar-refractivity contribution in [3.8, 4) is 44.5 Å². The molecular weight excluding hydrogens is 655 g/mol. The van der Waals surface area contributed by atoms with Gasteiger partial charge in [0.15, 0.2) is 5.58 Å². The maximum Gasteiger partial charge on any atom is 0.159 e. The number of hydrogen-bond donors (Lipinski definition) is 0. The molecule has 2 nitrogen and oxygen atoms in total. The van der Waals surface area contributed by atoms with E-state index in [1.54, 1.807) is 0 Å². The van der Waals surface area contributed by atoms with E-state index in [1.165, 1.54) is 44.2 Å². The summed E-state index contributed by atoms with van der Waals surface area (Å²) in [6.07, 6.45) is 0. The molecule has 10 rings (SSSR count). The lowest BCUT2D eigenvalue weighted by Crippen LogP contribution is -2.10. The standard InChI is InChI=1S/C52H35NO/c1-3-14-37(15-4-1)46-33-32-43(35-49(46)39-16-5-2-6-17-39)53(50-26-13-25-48-47-23-9-10-27-51(47)54-52(48)50)42-21-11-20-41(34-42)36-28-30-40(31-29-36)45-24-12-19-38-18-7-8-22-44(38)45/h1-35H. The van der Waals surface area contributed by atoms with Gasteiger partial charge in [-0.1, -0.05) is 176 Å². The highest BCUT2D eigenvalue weighted by atomic mass is 16.3. The van der Waals surface area contributed by atoms with Gasteiger partial charge in [-0.2, -0.15) is 0 Å². The van der Waals surface area contributed by atoms with Crippen LogP contribution in [0.5, 0.6) is 0 Å². The summed E-state index contributed by atoms with van der Waals surface area (Å²) in [6, 6.07) is 75.8. The second-order valence-corrected chi connectivity index (χ2v) is 13.7. The fourth-order valence-electron chi connectivity index (χ4n) is 7.88. The van der Waals surface area contributed by atoms with Crippen molar-refractivity contribution in [2.24, 2.45) is 0 Å². The molecule has 254 valence electrons. The van der Waals surface area contributed by atoms with Crippen LogP contribution < -0.4 is 4.90 Å². The van der Waals surface area contributed by atoms with Gasteiger partial charge in [0.05, 0.1) is 5.69 Å². The van der Waals surface area contributed by atoms with Crippen molar-refractivity contribution in [1.29, 1.82) is 0 Å². The van der Waals surface area contributed by atoms with Crippen molar-refractivity contribution in [3.05, 3.63) is 212 Å². The molecule has 0 fully saturated rings. The Morgan fingerprint density at radius 2 is 0.889 bits per heavy atom. The summed E-state index contributed by atoms with van der Waals surface area (Å²) in [6.45, 7) is 0. The second-order valence-electron chi connectivity index (χ2n) is 13.7. The Morgan fingerprint density at radius 3 is 1.70 bits per heavy atom. The van der Waals surface area contributed by atoms with Gasteiger partial charge in [-0.15, -0.1) is 0 Å². The van der Waals surface area contributed by atoms with Crippen molar-refractivity contribution in [3.63, 3.8) is 0 Å². The van der Waals surface area contributed by atoms with Gasteiger partial charge in [-0.3, -0.25) is 0 Å². The molecule has 0 aliphatic carbocycles. The molecule has 54 heavy (non-hydrogen) atoms. The summed E-state index contributed by atoms with van der Waals surface area (Å²) in [7, 11) is 0. The smallest absolute Gasteiger partial charge is 0.159 e. The number of benzene rings is 9. The fraction of sp³-hybridized carbons (Fsp3) is 0. The molecule has 2 heteroatoms. The molecule has 0 radical (unpaired) electrons. The van der Waals surface area contributed by atoms with Crippen LogP contribution in [-0.2, 0) is 0 Å². The Hall–Kier alpha value is -7.16. The quantitative estimate of drug-likeness (QED) is 0.166. The SMILES string of the molecule is c1ccc(-c2ccc(N(c3cccc(-c4ccc(-c5cccc6ccccc56)cc4)c3)c3cccc4c3oc3ccccc34)cc2-c2ccccc2)cc1. The summed E-state index contributed by atoms with van der Waals surface area (Å²) in [5.41, 5.74) is 14.3. The number of hydrogen-bond acceptors (Lipinski definition) is 2. The normalized spacial score (nSPS) is 11.3. The largest absolute Gasteiger partial charge is 0.454 e. The number of para-hydroxylation sites is 2. The number of furan rings is 1. The third kappa shape index (κ3) is 5.62. The van der Waals surface area contributed by atoms with E-state index in [9.17, 15) is 0 Å². The zero-order valence-corrected chi connectivity index (χ0v) is 29.6. The zero-order valence-electron chi connectivity index (χ0n) is 29.6. The van der Waals surface area contributed by atoms with E-state index >= 15 is 0 Å². The van der Waals surface area contributed by atoms with Gasteiger partial charge in [-0.25, -0.2) is 0 Å². The predicted octanol–water partition coefficient (Wildman–Crippen LogP) is 14.9. The number of fused-ring (bicyclic) bond motifs is 4. The Bertz CT molecular complexity index is 2920. The van der Waals surface area contributed by atoms with Crippen LogP contribution in [0.3, 0.4) is 0 Å². The van der Waals surface area contributed by atoms with Crippen LogP contribution in [0.25, 0.3) is 77.2 Å². The Morgan fingerprint density at radius 1 is 0.315 bits per heavy atom. The van der Waals surface area contributed by atoms with Gasteiger partial charge in [0.25, 0.3) is 0 Å². The monoisotopic (exact) mass is 689 g/mol. The molecule has 0 saturated carbocycles. The topological polar surface area (TPSA) is 16.4 Å². The Kier molecular flexibility index (Phi) is 7.85. The van der Waals surface area contributed by atoms with Crippen LogP contribution in [0.15, 0.2) is 217 Å². The molecule has 0 unspecified atom stereocenters. The number of nitrogens with zero attached hydrogens (tertiary/aromatic N) is 1. The predicted molar refractivity (Wildman–Crippen MR) is 228 cm³/mol. The first-order valence-electron chi connectivity index (χ1n) is 18.4. The highest BCUT2D eigenvalue weighted by molar-refractivity contribution is 6.10. The number of anilines is 3. The van der Waals surface area contributed by atoms with E-state index in [-0.39, 0.29) is 0 Å². The van der Waals surface area contributed by atoms with Crippen LogP contribution in [0.2, 0.25) is 0 Å². The molecular formula is C52H35NO. The van der Waals surface area contributed by atoms with Gasteiger partial charge in [-0.05, 0) is 91.7 Å². The highest BCUT2D eigenvalue weighted by Crippen LogP contribution is 2.45. The van der Waals surface area contributed by atoms with Crippen molar-refractivity contribution >= 4 is 49.8 Å². The van der Waals surface area contributed by atoms with Crippen LogP contribution in [0, 0.1) is 0 Å². The summed E-state index contributed by atoms with van der Waals surface area (Å²) >= 11 is 0. The summed E-state index contributed by atoms with van der Waals surface area (Å²) in [5, 5.41) is 4.72. The summed E-state index contributed by atoms with van der Waals surface area (Å²) < 4.78 is 6.67. The van der Waals surface area contributed by atoms with E-state index in [0.717, 1.165) is 50.1 Å². The van der Waals surface area contributed by atoms with Crippen molar-refractivity contribution in [2.75, 3.05) is 4.90 Å². The van der Waals surface area contributed by atoms with Crippen molar-refractivity contribution in [1.82, 2.24) is 0 Å². The molecule has 0 amide bonds. The zero-order chi connectivity index (χ0) is 35.8. The van der Waals surface area contributed by atoms with Crippen LogP contribution in [0.1, 0.15) is 0 Å². The highest BCUT2D eigenvalue weighted by Gasteiger charge is 2.21. The molecule has 1 heterocycles. The van der Waals surface area contributed by atoms with Gasteiger partial charge in [0, 0.05) is 22.1 Å². The molecule has 0 bridgehead atoms. The first kappa shape index (κ1) is 31.6. The van der Waals surface area contributed by atoms with E-state index in [1.807, 2.05) is 12.1 Å². The maximum atomic E-state index is 6.67. The molecule has 10 aromatic rings. The van der Waals surface area contributed by atoms with Gasteiger partial charge in [0.1, 0.15) is 5.58 Å². The first-order chi connectivity index (χ1) is 26.8. The summed E-state index contributed by atoms with van der Waals surface area (Å²) in [5.74, 6) is 0. The average Bonchev–Trinajstić information content (AvgIpc) is 3.64. The second kappa shape index (κ2) is 13.4. The fourth-order valence-corrected chi connectivity index (χ4v) is 7.88. The first-order valence-corrected chi connectivity index (χ1v) is 18.4. The number of rotatable bonds is 7. The van der Waals surface area contributed by atoms with Crippen LogP contribution >= 0.6 is 0 Å². The summed E-state index contributed by atoms with van der Waals surface area (Å²) in [4.78, 5) is 2.35. The third-order valence-electron chi connectivity index (χ3n) is 10.5. The molecule has 1 aromatic heterocycles. The van der Waals surface area contributed by atoms with E-state index in [0.29, 0.717) is 0 Å². The van der Waals surface area contributed by atoms with Gasteiger partial charge in [0.2, 0.25) is 0 Å². The molecule has 0 spiro atoms. The van der Waals surface area contributed by atoms with Crippen LogP contribution in [-0.4, -0.2) is 0 Å². The minimum Gasteiger partial charge on any atom is -0.454 e. The van der Waals surface area contributed by atoms with Crippen molar-refractivity contribution in [2.45, 2.75) is 0 Å². The Labute approximate surface area is 314 Å². The molecule has 0 aliphatic rings. The maximum absolute atomic E-state index is 6.67. The lowest BCUT2D eigenvalue weighted by atomic mass is 9.93. The van der Waals surface area contributed by atoms with Gasteiger partial charge >= 0.3 is 0 Å². The van der Waals surface area contributed by atoms with E-state index < -0.39 is 0 Å². The van der Waals surface area contributed by atoms with E-state index in [2.05, 4.69) is 205 Å². The lowest BCUT2D eigenvalue weighted by Gasteiger charge is -2.27. The lowest BCUT2D eigenvalue weighted by molar-refractivity contribution is 0.669. The minimum atomic E-state index is 0.858. The Balaban J connectivity index is 1.14. The van der Waals surface area contributed by atoms with E-state index in [4.69, 9.17) is 4.42 Å². The van der Waals surface area contributed by atoms with Crippen LogP contribution in [0.4, 0.5) is 17.1 Å². The minimum absolute atomic E-state index is 0.858.